The molecule has 2 heterocycles. The molecule has 4 aromatic rings. The van der Waals surface area contributed by atoms with Crippen molar-refractivity contribution in [1.29, 1.82) is 0 Å². The smallest absolute Gasteiger partial charge is 0.251 e. The van der Waals surface area contributed by atoms with Crippen molar-refractivity contribution in [2.75, 3.05) is 48.9 Å². The third-order valence-corrected chi connectivity index (χ3v) is 9.97. The molecule has 266 valence electrons. The first-order valence-electron chi connectivity index (χ1n) is 17.9. The topological polar surface area (TPSA) is 105 Å². The lowest BCUT2D eigenvalue weighted by molar-refractivity contribution is -0.112. The first kappa shape index (κ1) is 37.1. The van der Waals surface area contributed by atoms with Gasteiger partial charge in [0, 0.05) is 43.2 Å². The number of hydrogen-bond acceptors (Lipinski definition) is 7. The maximum Gasteiger partial charge on any atom is 0.251 e. The van der Waals surface area contributed by atoms with Crippen LogP contribution in [-0.4, -0.2) is 63.9 Å². The Morgan fingerprint density at radius 2 is 1.76 bits per heavy atom. The van der Waals surface area contributed by atoms with Crippen LogP contribution in [0.15, 0.2) is 83.5 Å². The fourth-order valence-electron chi connectivity index (χ4n) is 6.00. The van der Waals surface area contributed by atoms with Crippen LogP contribution < -0.4 is 15.0 Å². The predicted molar refractivity (Wildman–Crippen MR) is 203 cm³/mol. The van der Waals surface area contributed by atoms with E-state index in [1.165, 1.54) is 0 Å². The van der Waals surface area contributed by atoms with Crippen LogP contribution in [0.4, 0.5) is 11.4 Å². The highest BCUT2D eigenvalue weighted by atomic mass is 32.2. The number of anilines is 2. The molecule has 0 fully saturated rings. The Labute approximate surface area is 300 Å². The van der Waals surface area contributed by atoms with Gasteiger partial charge in [-0.1, -0.05) is 52.3 Å². The van der Waals surface area contributed by atoms with Crippen molar-refractivity contribution in [3.63, 3.8) is 0 Å². The minimum Gasteiger partial charge on any atom is -0.611 e. The first-order valence-corrected chi connectivity index (χ1v) is 19.2. The second-order valence-corrected chi connectivity index (χ2v) is 14.7. The Hall–Kier alpha value is -4.12. The fourth-order valence-corrected chi connectivity index (χ4v) is 7.04. The van der Waals surface area contributed by atoms with Gasteiger partial charge in [-0.05, 0) is 108 Å². The second-order valence-electron chi connectivity index (χ2n) is 13.1. The normalized spacial score (nSPS) is 13.5. The molecule has 9 nitrogen and oxygen atoms in total. The number of unbranched alkanes of at least 4 members (excludes halogenated alkanes) is 1. The van der Waals surface area contributed by atoms with E-state index >= 15 is 0 Å². The molecule has 0 spiro atoms. The number of benzene rings is 3. The van der Waals surface area contributed by atoms with Crippen molar-refractivity contribution in [2.45, 2.75) is 71.2 Å². The van der Waals surface area contributed by atoms with E-state index in [2.05, 4.69) is 78.4 Å². The van der Waals surface area contributed by atoms with Gasteiger partial charge in [0.15, 0.2) is 4.90 Å². The number of rotatable bonds is 18. The van der Waals surface area contributed by atoms with E-state index in [9.17, 15) is 9.35 Å². The second kappa shape index (κ2) is 18.8. The minimum absolute atomic E-state index is 0.128. The van der Waals surface area contributed by atoms with Crippen molar-refractivity contribution >= 4 is 34.5 Å². The van der Waals surface area contributed by atoms with Gasteiger partial charge in [-0.3, -0.25) is 4.79 Å². The highest BCUT2D eigenvalue weighted by molar-refractivity contribution is 7.91. The zero-order valence-corrected chi connectivity index (χ0v) is 30.7. The Balaban J connectivity index is 1.25. The number of hydrogen-bond donors (Lipinski definition) is 1. The molecule has 1 N–H and O–H groups in total. The molecule has 0 radical (unpaired) electrons. The van der Waals surface area contributed by atoms with Crippen molar-refractivity contribution in [3.05, 3.63) is 90.0 Å². The summed E-state index contributed by atoms with van der Waals surface area (Å²) < 4.78 is 26.5. The van der Waals surface area contributed by atoms with E-state index in [1.807, 2.05) is 47.0 Å². The highest BCUT2D eigenvalue weighted by Crippen LogP contribution is 2.34. The van der Waals surface area contributed by atoms with Gasteiger partial charge in [0.05, 0.1) is 13.0 Å². The molecule has 0 bridgehead atoms. The molecule has 0 aliphatic carbocycles. The summed E-state index contributed by atoms with van der Waals surface area (Å²) in [6.07, 6.45) is 8.15. The highest BCUT2D eigenvalue weighted by Gasteiger charge is 2.21. The molecule has 3 aromatic carbocycles. The lowest BCUT2D eigenvalue weighted by Gasteiger charge is -2.27. The largest absolute Gasteiger partial charge is 0.611 e. The van der Waals surface area contributed by atoms with E-state index in [4.69, 9.17) is 9.47 Å². The zero-order valence-electron chi connectivity index (χ0n) is 29.9. The lowest BCUT2D eigenvalue weighted by atomic mass is 10.00. The summed E-state index contributed by atoms with van der Waals surface area (Å²) in [6, 6.07) is 21.9. The van der Waals surface area contributed by atoms with Gasteiger partial charge in [-0.15, -0.1) is 10.2 Å². The number of aryl methyl sites for hydroxylation is 2. The number of nitrogens with zero attached hydrogens (tertiary/aromatic N) is 4. The van der Waals surface area contributed by atoms with Gasteiger partial charge < -0.3 is 28.8 Å². The van der Waals surface area contributed by atoms with Crippen LogP contribution in [-0.2, 0) is 33.7 Å². The average molecular weight is 698 g/mol. The summed E-state index contributed by atoms with van der Waals surface area (Å²) >= 11 is -1.19. The predicted octanol–water partition coefficient (Wildman–Crippen LogP) is 7.79. The summed E-state index contributed by atoms with van der Waals surface area (Å²) in [5, 5.41) is 11.3. The third-order valence-electron chi connectivity index (χ3n) is 8.60. The molecule has 50 heavy (non-hydrogen) atoms. The summed E-state index contributed by atoms with van der Waals surface area (Å²) in [4.78, 5) is 16.8. The summed E-state index contributed by atoms with van der Waals surface area (Å²) in [6.45, 7) is 13.1. The Kier molecular flexibility index (Phi) is 13.9. The molecule has 1 aliphatic rings. The molecule has 10 heteroatoms. The van der Waals surface area contributed by atoms with Crippen LogP contribution >= 0.6 is 0 Å². The number of fused-ring (bicyclic) bond motifs is 1. The van der Waals surface area contributed by atoms with Gasteiger partial charge in [0.25, 0.3) is 5.91 Å². The van der Waals surface area contributed by atoms with E-state index in [-0.39, 0.29) is 5.91 Å². The molecule has 1 aromatic heterocycles. The average Bonchev–Trinajstić information content (AvgIpc) is 3.49. The van der Waals surface area contributed by atoms with E-state index in [0.29, 0.717) is 43.4 Å². The molecule has 0 saturated heterocycles. The molecular weight excluding hydrogens is 647 g/mol. The molecular formula is C40H51N5O4S. The van der Waals surface area contributed by atoms with E-state index in [0.717, 1.165) is 89.9 Å². The molecule has 0 saturated carbocycles. The lowest BCUT2D eigenvalue weighted by Crippen LogP contribution is -2.29. The fraction of sp³-hybridized carbons (Fsp3) is 0.425. The van der Waals surface area contributed by atoms with Crippen LogP contribution in [0.5, 0.6) is 5.75 Å². The SMILES string of the molecule is CCCCOCCOc1ccc(-c2ccc3c(c2)C=C(C(=O)Nc2ccc([S+]([O-])CCc4nncn4CCC)cc2)CCN3CC(C)C)cc1. The van der Waals surface area contributed by atoms with Crippen molar-refractivity contribution < 1.29 is 18.8 Å². The van der Waals surface area contributed by atoms with E-state index in [1.54, 1.807) is 6.33 Å². The first-order chi connectivity index (χ1) is 24.3. The quantitative estimate of drug-likeness (QED) is 0.0836. The number of ether oxygens (including phenoxy) is 2. The van der Waals surface area contributed by atoms with E-state index < -0.39 is 11.2 Å². The number of carbonyl (C=O) groups is 1. The number of carbonyl (C=O) groups excluding carboxylic acids is 1. The van der Waals surface area contributed by atoms with Crippen molar-refractivity contribution in [2.24, 2.45) is 5.92 Å². The Bertz CT molecular complexity index is 1690. The summed E-state index contributed by atoms with van der Waals surface area (Å²) in [5.41, 5.74) is 5.72. The van der Waals surface area contributed by atoms with Gasteiger partial charge >= 0.3 is 0 Å². The standard InChI is InChI=1S/C40H51N5O4S/c1-5-7-22-48-23-24-49-36-13-8-31(9-14-36)32-10-17-38-34(26-32)27-33(18-21-44(38)28-30(3)4)40(46)42-35-11-15-37(16-12-35)50(47)25-19-39-43-41-29-45(39)20-6-2/h8-17,26-27,29-30H,5-7,18-25,28H2,1-4H3,(H,42,46). The van der Waals surface area contributed by atoms with Crippen LogP contribution in [0, 0.1) is 5.92 Å². The summed E-state index contributed by atoms with van der Waals surface area (Å²) in [7, 11) is 0. The third kappa shape index (κ3) is 10.4. The number of aromatic nitrogens is 3. The zero-order chi connectivity index (χ0) is 35.3. The van der Waals surface area contributed by atoms with Gasteiger partial charge in [0.2, 0.25) is 0 Å². The van der Waals surface area contributed by atoms with Crippen molar-refractivity contribution in [3.8, 4) is 16.9 Å². The minimum atomic E-state index is -1.19. The molecule has 5 rings (SSSR count). The molecule has 1 unspecified atom stereocenters. The van der Waals surface area contributed by atoms with Gasteiger partial charge in [-0.2, -0.15) is 0 Å². The molecule has 1 atom stereocenters. The number of nitrogens with one attached hydrogen (secondary N) is 1. The van der Waals surface area contributed by atoms with Crippen LogP contribution in [0.3, 0.4) is 0 Å². The Morgan fingerprint density at radius 3 is 2.50 bits per heavy atom. The maximum atomic E-state index is 13.7. The van der Waals surface area contributed by atoms with Crippen LogP contribution in [0.2, 0.25) is 0 Å². The molecule has 1 amide bonds. The summed E-state index contributed by atoms with van der Waals surface area (Å²) in [5.74, 6) is 2.47. The van der Waals surface area contributed by atoms with Gasteiger partial charge in [-0.25, -0.2) is 0 Å². The maximum absolute atomic E-state index is 13.7. The van der Waals surface area contributed by atoms with Crippen LogP contribution in [0.1, 0.15) is 64.8 Å². The van der Waals surface area contributed by atoms with Crippen molar-refractivity contribution in [1.82, 2.24) is 14.8 Å². The monoisotopic (exact) mass is 697 g/mol. The Morgan fingerprint density at radius 1 is 0.980 bits per heavy atom. The number of amides is 1. The van der Waals surface area contributed by atoms with Gasteiger partial charge in [0.1, 0.15) is 30.3 Å². The molecule has 1 aliphatic heterocycles. The van der Waals surface area contributed by atoms with Crippen LogP contribution in [0.25, 0.3) is 17.2 Å².